The van der Waals surface area contributed by atoms with E-state index in [1.807, 2.05) is 13.8 Å². The van der Waals surface area contributed by atoms with E-state index in [9.17, 15) is 0 Å². The number of aliphatic hydroxyl groups is 3. The Morgan fingerprint density at radius 3 is 1.82 bits per heavy atom. The van der Waals surface area contributed by atoms with Crippen LogP contribution in [0.4, 0.5) is 0 Å². The van der Waals surface area contributed by atoms with Crippen LogP contribution in [0.15, 0.2) is 12.3 Å². The zero-order chi connectivity index (χ0) is 9.11. The molecule has 0 heterocycles. The van der Waals surface area contributed by atoms with Crippen LogP contribution in [0.1, 0.15) is 33.1 Å². The summed E-state index contributed by atoms with van der Waals surface area (Å²) in [6.45, 7) is 3.87. The van der Waals surface area contributed by atoms with Crippen molar-refractivity contribution in [3.63, 3.8) is 0 Å². The molecule has 0 saturated heterocycles. The first-order chi connectivity index (χ1) is 5.18. The third-order valence-corrected chi connectivity index (χ3v) is 0.888. The minimum absolute atomic E-state index is 0.486. The van der Waals surface area contributed by atoms with Gasteiger partial charge in [-0.25, -0.2) is 0 Å². The van der Waals surface area contributed by atoms with Gasteiger partial charge in [0.2, 0.25) is 0 Å². The van der Waals surface area contributed by atoms with Gasteiger partial charge in [0.25, 0.3) is 0 Å². The van der Waals surface area contributed by atoms with Gasteiger partial charge in [0.05, 0.1) is 6.26 Å². The highest BCUT2D eigenvalue weighted by Gasteiger charge is 1.89. The van der Waals surface area contributed by atoms with Crippen LogP contribution in [0.5, 0.6) is 0 Å². The van der Waals surface area contributed by atoms with Gasteiger partial charge in [0, 0.05) is 0 Å². The van der Waals surface area contributed by atoms with E-state index in [1.165, 1.54) is 0 Å². The normalized spacial score (nSPS) is 9.91. The van der Waals surface area contributed by atoms with Gasteiger partial charge in [0.1, 0.15) is 0 Å². The summed E-state index contributed by atoms with van der Waals surface area (Å²) in [4.78, 5) is 0. The molecule has 0 amide bonds. The van der Waals surface area contributed by atoms with E-state index in [-0.39, 0.29) is 0 Å². The summed E-state index contributed by atoms with van der Waals surface area (Å²) in [5, 5.41) is 24.1. The average molecular weight is 162 g/mol. The minimum atomic E-state index is -1.10. The second-order valence-electron chi connectivity index (χ2n) is 2.06. The van der Waals surface area contributed by atoms with Crippen molar-refractivity contribution in [3.05, 3.63) is 12.3 Å². The molecule has 0 aromatic rings. The van der Waals surface area contributed by atoms with E-state index in [0.717, 1.165) is 19.1 Å². The van der Waals surface area contributed by atoms with Crippen molar-refractivity contribution < 1.29 is 15.3 Å². The third kappa shape index (κ3) is 26.5. The van der Waals surface area contributed by atoms with Gasteiger partial charge in [-0.15, -0.1) is 0 Å². The molecular weight excluding hydrogens is 144 g/mol. The van der Waals surface area contributed by atoms with Crippen LogP contribution in [0.2, 0.25) is 0 Å². The van der Waals surface area contributed by atoms with Crippen molar-refractivity contribution in [1.82, 2.24) is 0 Å². The highest BCUT2D eigenvalue weighted by atomic mass is 16.5. The molecule has 0 bridgehead atoms. The van der Waals surface area contributed by atoms with Crippen LogP contribution in [0, 0.1) is 0 Å². The van der Waals surface area contributed by atoms with Gasteiger partial charge < -0.3 is 15.3 Å². The summed E-state index contributed by atoms with van der Waals surface area (Å²) in [5.41, 5.74) is 0. The quantitative estimate of drug-likeness (QED) is 0.436. The van der Waals surface area contributed by atoms with Crippen molar-refractivity contribution >= 4 is 0 Å². The smallest absolute Gasteiger partial charge is 0.151 e. The lowest BCUT2D eigenvalue weighted by atomic mass is 10.3. The third-order valence-electron chi connectivity index (χ3n) is 0.888. The Morgan fingerprint density at radius 2 is 1.82 bits per heavy atom. The van der Waals surface area contributed by atoms with E-state index in [2.05, 4.69) is 0 Å². The zero-order valence-corrected chi connectivity index (χ0v) is 7.20. The maximum Gasteiger partial charge on any atom is 0.151 e. The molecule has 0 radical (unpaired) electrons. The Morgan fingerprint density at radius 1 is 1.27 bits per heavy atom. The molecule has 68 valence electrons. The fourth-order valence-corrected chi connectivity index (χ4v) is 0.364. The van der Waals surface area contributed by atoms with Crippen LogP contribution in [-0.4, -0.2) is 21.6 Å². The molecule has 0 atom stereocenters. The fraction of sp³-hybridized carbons (Fsp3) is 0.750. The lowest BCUT2D eigenvalue weighted by Crippen LogP contribution is -2.01. The molecule has 0 rings (SSSR count). The molecule has 11 heavy (non-hydrogen) atoms. The van der Waals surface area contributed by atoms with Crippen molar-refractivity contribution in [2.75, 3.05) is 0 Å². The van der Waals surface area contributed by atoms with Gasteiger partial charge in [-0.05, 0) is 12.8 Å². The SMILES string of the molecule is CC/C=C/O.CCCC(O)O. The first-order valence-corrected chi connectivity index (χ1v) is 3.84. The summed E-state index contributed by atoms with van der Waals surface area (Å²) in [6, 6.07) is 0. The number of aliphatic hydroxyl groups excluding tert-OH is 2. The summed E-state index contributed by atoms with van der Waals surface area (Å²) >= 11 is 0. The lowest BCUT2D eigenvalue weighted by molar-refractivity contribution is -0.0453. The molecule has 0 fully saturated rings. The fourth-order valence-electron chi connectivity index (χ4n) is 0.364. The maximum absolute atomic E-state index is 8.11. The second-order valence-corrected chi connectivity index (χ2v) is 2.06. The number of allylic oxidation sites excluding steroid dienone is 1. The Balaban J connectivity index is 0. The van der Waals surface area contributed by atoms with Crippen molar-refractivity contribution in [1.29, 1.82) is 0 Å². The van der Waals surface area contributed by atoms with E-state index < -0.39 is 6.29 Å². The Kier molecular flexibility index (Phi) is 14.5. The molecule has 3 heteroatoms. The van der Waals surface area contributed by atoms with E-state index in [4.69, 9.17) is 15.3 Å². The van der Waals surface area contributed by atoms with Gasteiger partial charge in [-0.2, -0.15) is 0 Å². The largest absolute Gasteiger partial charge is 0.516 e. The molecule has 3 nitrogen and oxygen atoms in total. The van der Waals surface area contributed by atoms with E-state index in [0.29, 0.717) is 6.42 Å². The van der Waals surface area contributed by atoms with Gasteiger partial charge >= 0.3 is 0 Å². The maximum atomic E-state index is 8.11. The molecule has 0 saturated carbocycles. The predicted molar refractivity (Wildman–Crippen MR) is 45.2 cm³/mol. The molecule has 0 aliphatic carbocycles. The number of rotatable bonds is 3. The molecule has 0 aromatic carbocycles. The summed E-state index contributed by atoms with van der Waals surface area (Å²) < 4.78 is 0. The van der Waals surface area contributed by atoms with Crippen LogP contribution >= 0.6 is 0 Å². The molecule has 0 spiro atoms. The molecule has 0 unspecified atom stereocenters. The first-order valence-electron chi connectivity index (χ1n) is 3.84. The predicted octanol–water partition coefficient (Wildman–Crippen LogP) is 1.57. The van der Waals surface area contributed by atoms with Crippen LogP contribution in [0.3, 0.4) is 0 Å². The zero-order valence-electron chi connectivity index (χ0n) is 7.20. The van der Waals surface area contributed by atoms with Gasteiger partial charge in [-0.1, -0.05) is 26.3 Å². The topological polar surface area (TPSA) is 60.7 Å². The van der Waals surface area contributed by atoms with E-state index >= 15 is 0 Å². The van der Waals surface area contributed by atoms with Crippen molar-refractivity contribution in [2.45, 2.75) is 39.4 Å². The molecular formula is C8H18O3. The summed E-state index contributed by atoms with van der Waals surface area (Å²) in [6.07, 6.45) is 3.86. The average Bonchev–Trinajstić information content (AvgIpc) is 1.90. The van der Waals surface area contributed by atoms with Gasteiger partial charge in [0.15, 0.2) is 6.29 Å². The lowest BCUT2D eigenvalue weighted by Gasteiger charge is -1.94. The van der Waals surface area contributed by atoms with Crippen molar-refractivity contribution in [2.24, 2.45) is 0 Å². The Hall–Kier alpha value is -0.540. The van der Waals surface area contributed by atoms with Crippen LogP contribution in [-0.2, 0) is 0 Å². The molecule has 3 N–H and O–H groups in total. The Labute approximate surface area is 68.0 Å². The van der Waals surface area contributed by atoms with Crippen LogP contribution < -0.4 is 0 Å². The van der Waals surface area contributed by atoms with Crippen molar-refractivity contribution in [3.8, 4) is 0 Å². The van der Waals surface area contributed by atoms with E-state index in [1.54, 1.807) is 6.08 Å². The Bertz CT molecular complexity index is 79.4. The highest BCUT2D eigenvalue weighted by molar-refractivity contribution is 4.66. The molecule has 0 aliphatic heterocycles. The summed E-state index contributed by atoms with van der Waals surface area (Å²) in [7, 11) is 0. The first kappa shape index (κ1) is 13.1. The van der Waals surface area contributed by atoms with Crippen LogP contribution in [0.25, 0.3) is 0 Å². The molecule has 0 aliphatic rings. The molecule has 0 aromatic heterocycles. The number of hydrogen-bond acceptors (Lipinski definition) is 3. The summed E-state index contributed by atoms with van der Waals surface area (Å²) in [5.74, 6) is 0. The monoisotopic (exact) mass is 162 g/mol. The minimum Gasteiger partial charge on any atom is -0.516 e. The standard InChI is InChI=1S/C4H10O2.C4H8O/c1-2-3-4(5)6;1-2-3-4-5/h4-6H,2-3H2,1H3;3-5H,2H2,1H3/b;4-3+. The second kappa shape index (κ2) is 12.2. The number of hydrogen-bond donors (Lipinski definition) is 3. The van der Waals surface area contributed by atoms with Gasteiger partial charge in [-0.3, -0.25) is 0 Å². The highest BCUT2D eigenvalue weighted by Crippen LogP contribution is 1.88.